The van der Waals surface area contributed by atoms with Gasteiger partial charge in [-0.1, -0.05) is 43.3 Å². The third-order valence-electron chi connectivity index (χ3n) is 4.06. The molecule has 1 unspecified atom stereocenters. The smallest absolute Gasteiger partial charge is 0.414 e. The molecule has 1 N–H and O–H groups in total. The molecule has 0 heterocycles. The molecule has 0 aromatic heterocycles. The molecule has 6 heteroatoms. The van der Waals surface area contributed by atoms with Crippen molar-refractivity contribution in [3.8, 4) is 5.75 Å². The molecule has 6 nitrogen and oxygen atoms in total. The van der Waals surface area contributed by atoms with E-state index in [1.54, 1.807) is 31.3 Å². The fourth-order valence-electron chi connectivity index (χ4n) is 2.26. The quantitative estimate of drug-likeness (QED) is 0.767. The fourth-order valence-corrected chi connectivity index (χ4v) is 2.26. The maximum atomic E-state index is 12.2. The number of rotatable bonds is 7. The lowest BCUT2D eigenvalue weighted by molar-refractivity contribution is 0.118. The number of nitrogens with zero attached hydrogens (tertiary/aromatic N) is 1. The number of anilines is 1. The summed E-state index contributed by atoms with van der Waals surface area (Å²) < 4.78 is 10.6. The van der Waals surface area contributed by atoms with E-state index in [0.29, 0.717) is 18.0 Å². The Labute approximate surface area is 160 Å². The highest BCUT2D eigenvalue weighted by molar-refractivity contribution is 5.85. The molecule has 0 fully saturated rings. The van der Waals surface area contributed by atoms with Crippen molar-refractivity contribution in [3.63, 3.8) is 0 Å². The van der Waals surface area contributed by atoms with Gasteiger partial charge >= 0.3 is 12.2 Å². The predicted octanol–water partition coefficient (Wildman–Crippen LogP) is 4.71. The number of likely N-dealkylation sites (N-methyl/N-ethyl adjacent to an activating group) is 1. The number of carbonyl (C=O) groups excluding carboxylic acids is 2. The average Bonchev–Trinajstić information content (AvgIpc) is 2.66. The molecule has 0 bridgehead atoms. The van der Waals surface area contributed by atoms with Crippen molar-refractivity contribution >= 4 is 17.9 Å². The Bertz CT molecular complexity index is 749. The van der Waals surface area contributed by atoms with Crippen LogP contribution < -0.4 is 10.1 Å². The second-order valence-electron chi connectivity index (χ2n) is 6.30. The maximum absolute atomic E-state index is 12.2. The third kappa shape index (κ3) is 7.01. The van der Waals surface area contributed by atoms with Crippen LogP contribution in [0, 0.1) is 0 Å². The summed E-state index contributed by atoms with van der Waals surface area (Å²) in [6.07, 6.45) is 0.331. The van der Waals surface area contributed by atoms with Gasteiger partial charge in [0.2, 0.25) is 0 Å². The van der Waals surface area contributed by atoms with Crippen molar-refractivity contribution < 1.29 is 19.1 Å². The molecule has 0 aliphatic rings. The van der Waals surface area contributed by atoms with E-state index in [4.69, 9.17) is 9.47 Å². The number of nitrogens with one attached hydrogen (secondary N) is 1. The van der Waals surface area contributed by atoms with Crippen molar-refractivity contribution in [2.45, 2.75) is 32.8 Å². The summed E-state index contributed by atoms with van der Waals surface area (Å²) in [6.45, 7) is 4.30. The number of amides is 2. The molecule has 0 aliphatic heterocycles. The lowest BCUT2D eigenvalue weighted by atomic mass is 10.1. The highest BCUT2D eigenvalue weighted by atomic mass is 16.6. The van der Waals surface area contributed by atoms with Gasteiger partial charge in [-0.2, -0.15) is 0 Å². The monoisotopic (exact) mass is 370 g/mol. The van der Waals surface area contributed by atoms with Gasteiger partial charge in [0.05, 0.1) is 0 Å². The molecule has 2 amide bonds. The van der Waals surface area contributed by atoms with Gasteiger partial charge in [-0.15, -0.1) is 0 Å². The van der Waals surface area contributed by atoms with Gasteiger partial charge in [-0.05, 0) is 37.5 Å². The van der Waals surface area contributed by atoms with Crippen LogP contribution in [0.4, 0.5) is 15.3 Å². The SMILES string of the molecule is CCC(C)OC(=O)Nc1cccc(OC(=O)N(C)CCc2ccccc2)c1. The van der Waals surface area contributed by atoms with E-state index in [-0.39, 0.29) is 6.10 Å². The van der Waals surface area contributed by atoms with Crippen LogP contribution in [0.5, 0.6) is 5.75 Å². The lowest BCUT2D eigenvalue weighted by Crippen LogP contribution is -2.31. The summed E-state index contributed by atoms with van der Waals surface area (Å²) in [6, 6.07) is 16.6. The standard InChI is InChI=1S/C21H26N2O4/c1-4-16(2)26-20(24)22-18-11-8-12-19(15-18)27-21(25)23(3)14-13-17-9-6-5-7-10-17/h5-12,15-16H,4,13-14H2,1-3H3,(H,22,24). The molecule has 2 aromatic carbocycles. The van der Waals surface area contributed by atoms with E-state index in [0.717, 1.165) is 18.4 Å². The minimum atomic E-state index is -0.534. The summed E-state index contributed by atoms with van der Waals surface area (Å²) >= 11 is 0. The third-order valence-corrected chi connectivity index (χ3v) is 4.06. The van der Waals surface area contributed by atoms with Crippen LogP contribution in [0.2, 0.25) is 0 Å². The molecule has 0 saturated carbocycles. The number of hydrogen-bond donors (Lipinski definition) is 1. The molecule has 0 saturated heterocycles. The highest BCUT2D eigenvalue weighted by Gasteiger charge is 2.13. The first-order chi connectivity index (χ1) is 13.0. The minimum Gasteiger partial charge on any atom is -0.446 e. The Balaban J connectivity index is 1.86. The van der Waals surface area contributed by atoms with Crippen LogP contribution in [0.1, 0.15) is 25.8 Å². The zero-order valence-electron chi connectivity index (χ0n) is 16.0. The summed E-state index contributed by atoms with van der Waals surface area (Å²) in [7, 11) is 1.69. The van der Waals surface area contributed by atoms with Crippen LogP contribution in [-0.4, -0.2) is 36.8 Å². The molecule has 2 rings (SSSR count). The topological polar surface area (TPSA) is 67.9 Å². The van der Waals surface area contributed by atoms with Crippen molar-refractivity contribution in [3.05, 3.63) is 60.2 Å². The van der Waals surface area contributed by atoms with Gasteiger partial charge in [-0.3, -0.25) is 5.32 Å². The van der Waals surface area contributed by atoms with E-state index in [1.807, 2.05) is 44.2 Å². The Morgan fingerprint density at radius 3 is 2.56 bits per heavy atom. The van der Waals surface area contributed by atoms with E-state index in [2.05, 4.69) is 5.32 Å². The van der Waals surface area contributed by atoms with Crippen LogP contribution in [0.15, 0.2) is 54.6 Å². The van der Waals surface area contributed by atoms with Gasteiger partial charge in [0.25, 0.3) is 0 Å². The summed E-state index contributed by atoms with van der Waals surface area (Å²) in [5, 5.41) is 2.63. The summed E-state index contributed by atoms with van der Waals surface area (Å²) in [5.74, 6) is 0.355. The molecular weight excluding hydrogens is 344 g/mol. The van der Waals surface area contributed by atoms with Crippen LogP contribution in [-0.2, 0) is 11.2 Å². The first-order valence-corrected chi connectivity index (χ1v) is 9.02. The average molecular weight is 370 g/mol. The van der Waals surface area contributed by atoms with Crippen LogP contribution in [0.25, 0.3) is 0 Å². The first-order valence-electron chi connectivity index (χ1n) is 9.02. The predicted molar refractivity (Wildman–Crippen MR) is 105 cm³/mol. The largest absolute Gasteiger partial charge is 0.446 e. The second-order valence-corrected chi connectivity index (χ2v) is 6.30. The van der Waals surface area contributed by atoms with Gasteiger partial charge in [0.1, 0.15) is 11.9 Å². The molecular formula is C21H26N2O4. The summed E-state index contributed by atoms with van der Waals surface area (Å²) in [5.41, 5.74) is 1.66. The minimum absolute atomic E-state index is 0.163. The molecule has 144 valence electrons. The first kappa shape index (κ1) is 20.3. The number of ether oxygens (including phenoxy) is 2. The zero-order chi connectivity index (χ0) is 19.6. The number of benzene rings is 2. The Morgan fingerprint density at radius 2 is 1.85 bits per heavy atom. The number of carbonyl (C=O) groups is 2. The Kier molecular flexibility index (Phi) is 7.67. The van der Waals surface area contributed by atoms with Gasteiger partial charge in [0, 0.05) is 25.3 Å². The second kappa shape index (κ2) is 10.2. The fraction of sp³-hybridized carbons (Fsp3) is 0.333. The van der Waals surface area contributed by atoms with Crippen molar-refractivity contribution in [1.29, 1.82) is 0 Å². The molecule has 0 radical (unpaired) electrons. The van der Waals surface area contributed by atoms with E-state index in [9.17, 15) is 9.59 Å². The van der Waals surface area contributed by atoms with Crippen molar-refractivity contribution in [1.82, 2.24) is 4.90 Å². The van der Waals surface area contributed by atoms with Crippen LogP contribution >= 0.6 is 0 Å². The maximum Gasteiger partial charge on any atom is 0.414 e. The van der Waals surface area contributed by atoms with Crippen LogP contribution in [0.3, 0.4) is 0 Å². The summed E-state index contributed by atoms with van der Waals surface area (Å²) in [4.78, 5) is 25.6. The van der Waals surface area contributed by atoms with Crippen molar-refractivity contribution in [2.75, 3.05) is 18.9 Å². The molecule has 0 aliphatic carbocycles. The molecule has 2 aromatic rings. The normalized spacial score (nSPS) is 11.4. The van der Waals surface area contributed by atoms with E-state index in [1.165, 1.54) is 4.90 Å². The Morgan fingerprint density at radius 1 is 1.11 bits per heavy atom. The van der Waals surface area contributed by atoms with E-state index < -0.39 is 12.2 Å². The van der Waals surface area contributed by atoms with Gasteiger partial charge in [-0.25, -0.2) is 9.59 Å². The van der Waals surface area contributed by atoms with Gasteiger partial charge in [0.15, 0.2) is 0 Å². The molecule has 1 atom stereocenters. The highest BCUT2D eigenvalue weighted by Crippen LogP contribution is 2.18. The van der Waals surface area contributed by atoms with Gasteiger partial charge < -0.3 is 14.4 Å². The lowest BCUT2D eigenvalue weighted by Gasteiger charge is -2.17. The van der Waals surface area contributed by atoms with Crippen molar-refractivity contribution in [2.24, 2.45) is 0 Å². The number of hydrogen-bond acceptors (Lipinski definition) is 4. The van der Waals surface area contributed by atoms with E-state index >= 15 is 0 Å². The molecule has 0 spiro atoms. The molecule has 27 heavy (non-hydrogen) atoms. The zero-order valence-corrected chi connectivity index (χ0v) is 16.0. The Hall–Kier alpha value is -3.02.